The molecule has 10 heteroatoms. The van der Waals surface area contributed by atoms with Crippen LogP contribution < -0.4 is 10.2 Å². The van der Waals surface area contributed by atoms with Crippen LogP contribution in [0, 0.1) is 12.8 Å². The highest BCUT2D eigenvalue weighted by molar-refractivity contribution is 6.03. The van der Waals surface area contributed by atoms with Gasteiger partial charge in [-0.1, -0.05) is 11.2 Å². The van der Waals surface area contributed by atoms with Crippen molar-refractivity contribution in [1.82, 2.24) is 10.1 Å². The fraction of sp³-hybridized carbons (Fsp3) is 0.238. The highest BCUT2D eigenvalue weighted by atomic mass is 19.4. The Balaban J connectivity index is 1.43. The third-order valence-corrected chi connectivity index (χ3v) is 4.91. The van der Waals surface area contributed by atoms with Gasteiger partial charge >= 0.3 is 6.18 Å². The molecule has 1 aromatic heterocycles. The molecule has 3 aromatic rings. The molecule has 160 valence electrons. The number of nitrogens with one attached hydrogen (secondary N) is 1. The molecule has 2 aromatic carbocycles. The standard InChI is InChI=1S/C21H17F3N4O3/c1-12-25-20(31-27-12)13-5-7-16(8-6-13)26-19(30)14-9-18(29)28(11-14)17-4-2-3-15(10-17)21(22,23)24/h2-8,10,14H,9,11H2,1H3,(H,26,30)/t14-/m1/s1. The van der Waals surface area contributed by atoms with E-state index in [2.05, 4.69) is 15.5 Å². The first-order chi connectivity index (χ1) is 14.7. The van der Waals surface area contributed by atoms with Gasteiger partial charge in [-0.25, -0.2) is 0 Å². The average molecular weight is 430 g/mol. The second-order valence-corrected chi connectivity index (χ2v) is 7.17. The van der Waals surface area contributed by atoms with Gasteiger partial charge in [0.15, 0.2) is 5.82 Å². The molecule has 1 aliphatic heterocycles. The Bertz CT molecular complexity index is 1130. The Morgan fingerprint density at radius 3 is 2.58 bits per heavy atom. The number of amides is 2. The Labute approximate surface area is 174 Å². The van der Waals surface area contributed by atoms with E-state index in [9.17, 15) is 22.8 Å². The van der Waals surface area contributed by atoms with Crippen molar-refractivity contribution in [2.45, 2.75) is 19.5 Å². The van der Waals surface area contributed by atoms with Gasteiger partial charge in [-0.2, -0.15) is 18.2 Å². The molecule has 0 spiro atoms. The number of alkyl halides is 3. The van der Waals surface area contributed by atoms with Gasteiger partial charge in [0.05, 0.1) is 11.5 Å². The van der Waals surface area contributed by atoms with Crippen LogP contribution in [0.5, 0.6) is 0 Å². The number of anilines is 2. The highest BCUT2D eigenvalue weighted by Gasteiger charge is 2.37. The molecule has 2 amide bonds. The monoisotopic (exact) mass is 430 g/mol. The lowest BCUT2D eigenvalue weighted by Gasteiger charge is -2.18. The Kier molecular flexibility index (Phi) is 5.22. The van der Waals surface area contributed by atoms with Crippen molar-refractivity contribution < 1.29 is 27.3 Å². The van der Waals surface area contributed by atoms with E-state index >= 15 is 0 Å². The van der Waals surface area contributed by atoms with Gasteiger partial charge < -0.3 is 14.7 Å². The maximum atomic E-state index is 13.0. The van der Waals surface area contributed by atoms with Gasteiger partial charge in [-0.3, -0.25) is 9.59 Å². The number of carbonyl (C=O) groups excluding carboxylic acids is 2. The highest BCUT2D eigenvalue weighted by Crippen LogP contribution is 2.33. The molecule has 0 unspecified atom stereocenters. The maximum absolute atomic E-state index is 13.0. The number of aryl methyl sites for hydroxylation is 1. The van der Waals surface area contributed by atoms with Crippen molar-refractivity contribution in [3.63, 3.8) is 0 Å². The Morgan fingerprint density at radius 2 is 1.94 bits per heavy atom. The first-order valence-corrected chi connectivity index (χ1v) is 9.40. The van der Waals surface area contributed by atoms with Gasteiger partial charge in [-0.15, -0.1) is 0 Å². The third kappa shape index (κ3) is 4.42. The van der Waals surface area contributed by atoms with Gasteiger partial charge in [0, 0.05) is 29.9 Å². The van der Waals surface area contributed by atoms with Gasteiger partial charge in [0.1, 0.15) is 0 Å². The van der Waals surface area contributed by atoms with Gasteiger partial charge in [0.25, 0.3) is 5.89 Å². The van der Waals surface area contributed by atoms with Crippen LogP contribution in [-0.4, -0.2) is 28.5 Å². The predicted molar refractivity (Wildman–Crippen MR) is 105 cm³/mol. The van der Waals surface area contributed by atoms with Crippen molar-refractivity contribution in [3.8, 4) is 11.5 Å². The largest absolute Gasteiger partial charge is 0.416 e. The van der Waals surface area contributed by atoms with Crippen LogP contribution in [0.3, 0.4) is 0 Å². The summed E-state index contributed by atoms with van der Waals surface area (Å²) < 4.78 is 44.0. The molecule has 0 aliphatic carbocycles. The van der Waals surface area contributed by atoms with E-state index in [1.165, 1.54) is 17.0 Å². The van der Waals surface area contributed by atoms with Crippen LogP contribution in [-0.2, 0) is 15.8 Å². The van der Waals surface area contributed by atoms with E-state index in [4.69, 9.17) is 4.52 Å². The molecule has 1 N–H and O–H groups in total. The molecule has 1 aliphatic rings. The Morgan fingerprint density at radius 1 is 1.19 bits per heavy atom. The molecule has 1 atom stereocenters. The number of nitrogens with zero attached hydrogens (tertiary/aromatic N) is 3. The molecule has 0 radical (unpaired) electrons. The number of rotatable bonds is 4. The minimum absolute atomic E-state index is 0.00528. The fourth-order valence-electron chi connectivity index (χ4n) is 3.34. The van der Waals surface area contributed by atoms with Crippen LogP contribution in [0.25, 0.3) is 11.5 Å². The van der Waals surface area contributed by atoms with E-state index in [0.29, 0.717) is 23.0 Å². The van der Waals surface area contributed by atoms with Crippen molar-refractivity contribution in [3.05, 3.63) is 59.9 Å². The van der Waals surface area contributed by atoms with Crippen LogP contribution in [0.2, 0.25) is 0 Å². The molecule has 1 saturated heterocycles. The summed E-state index contributed by atoms with van der Waals surface area (Å²) in [7, 11) is 0. The topological polar surface area (TPSA) is 88.3 Å². The zero-order valence-electron chi connectivity index (χ0n) is 16.3. The smallest absolute Gasteiger partial charge is 0.334 e. The minimum atomic E-state index is -4.51. The van der Waals surface area contributed by atoms with Crippen LogP contribution in [0.1, 0.15) is 17.8 Å². The lowest BCUT2D eigenvalue weighted by atomic mass is 10.1. The Hall–Kier alpha value is -3.69. The van der Waals surface area contributed by atoms with Crippen LogP contribution in [0.4, 0.5) is 24.5 Å². The van der Waals surface area contributed by atoms with Crippen molar-refractivity contribution in [2.24, 2.45) is 5.92 Å². The van der Waals surface area contributed by atoms with E-state index in [1.54, 1.807) is 31.2 Å². The van der Waals surface area contributed by atoms with E-state index < -0.39 is 23.6 Å². The molecule has 0 saturated carbocycles. The summed E-state index contributed by atoms with van der Waals surface area (Å²) in [5.74, 6) is -0.608. The molecule has 0 bridgehead atoms. The van der Waals surface area contributed by atoms with Crippen molar-refractivity contribution in [1.29, 1.82) is 0 Å². The zero-order valence-corrected chi connectivity index (χ0v) is 16.3. The van der Waals surface area contributed by atoms with Crippen molar-refractivity contribution in [2.75, 3.05) is 16.8 Å². The molecule has 2 heterocycles. The van der Waals surface area contributed by atoms with E-state index in [0.717, 1.165) is 12.1 Å². The minimum Gasteiger partial charge on any atom is -0.334 e. The first-order valence-electron chi connectivity index (χ1n) is 9.40. The fourth-order valence-corrected chi connectivity index (χ4v) is 3.34. The number of hydrogen-bond acceptors (Lipinski definition) is 5. The zero-order chi connectivity index (χ0) is 22.2. The predicted octanol–water partition coefficient (Wildman–Crippen LogP) is 4.06. The summed E-state index contributed by atoms with van der Waals surface area (Å²) in [5.41, 5.74) is 0.469. The second-order valence-electron chi connectivity index (χ2n) is 7.17. The number of hydrogen-bond donors (Lipinski definition) is 1. The van der Waals surface area contributed by atoms with Crippen LogP contribution in [0.15, 0.2) is 53.1 Å². The first kappa shape index (κ1) is 20.6. The molecule has 7 nitrogen and oxygen atoms in total. The molecule has 4 rings (SSSR count). The molecular weight excluding hydrogens is 413 g/mol. The van der Waals surface area contributed by atoms with Crippen LogP contribution >= 0.6 is 0 Å². The molecular formula is C21H17F3N4O3. The van der Waals surface area contributed by atoms with Crippen molar-refractivity contribution >= 4 is 23.2 Å². The summed E-state index contributed by atoms with van der Waals surface area (Å²) in [5, 5.41) is 6.45. The van der Waals surface area contributed by atoms with E-state index in [1.807, 2.05) is 0 Å². The van der Waals surface area contributed by atoms with Gasteiger partial charge in [-0.05, 0) is 49.4 Å². The summed E-state index contributed by atoms with van der Waals surface area (Å²) in [6.07, 6.45) is -4.59. The SMILES string of the molecule is Cc1noc(-c2ccc(NC(=O)[C@@H]3CC(=O)N(c4cccc(C(F)(F)F)c4)C3)cc2)n1. The number of benzene rings is 2. The summed E-state index contributed by atoms with van der Waals surface area (Å²) in [4.78, 5) is 30.3. The lowest BCUT2D eigenvalue weighted by Crippen LogP contribution is -2.28. The number of carbonyl (C=O) groups is 2. The van der Waals surface area contributed by atoms with Gasteiger partial charge in [0.2, 0.25) is 11.8 Å². The summed E-state index contributed by atoms with van der Waals surface area (Å²) in [6, 6.07) is 11.2. The molecule has 31 heavy (non-hydrogen) atoms. The molecule has 1 fully saturated rings. The summed E-state index contributed by atoms with van der Waals surface area (Å²) >= 11 is 0. The number of halogens is 3. The number of aromatic nitrogens is 2. The quantitative estimate of drug-likeness (QED) is 0.675. The maximum Gasteiger partial charge on any atom is 0.416 e. The average Bonchev–Trinajstić information content (AvgIpc) is 3.34. The second kappa shape index (κ2) is 7.86. The van der Waals surface area contributed by atoms with E-state index in [-0.39, 0.29) is 24.6 Å². The summed E-state index contributed by atoms with van der Waals surface area (Å²) in [6.45, 7) is 1.71. The third-order valence-electron chi connectivity index (χ3n) is 4.91. The lowest BCUT2D eigenvalue weighted by molar-refractivity contribution is -0.137. The normalized spacial score (nSPS) is 16.6.